The van der Waals surface area contributed by atoms with E-state index in [0.29, 0.717) is 61.2 Å². The van der Waals surface area contributed by atoms with E-state index in [9.17, 15) is 31.9 Å². The van der Waals surface area contributed by atoms with Gasteiger partial charge in [0, 0.05) is 31.1 Å². The van der Waals surface area contributed by atoms with E-state index in [0.717, 1.165) is 22.8 Å². The molecule has 41 heavy (non-hydrogen) atoms. The Bertz CT molecular complexity index is 1520. The number of fused-ring (bicyclic) bond motifs is 1. The Morgan fingerprint density at radius 3 is 2.34 bits per heavy atom. The summed E-state index contributed by atoms with van der Waals surface area (Å²) in [4.78, 5) is 13.6. The zero-order valence-corrected chi connectivity index (χ0v) is 22.7. The molecule has 0 spiro atoms. The highest BCUT2D eigenvalue weighted by Crippen LogP contribution is 2.44. The van der Waals surface area contributed by atoms with Gasteiger partial charge < -0.3 is 5.11 Å². The van der Waals surface area contributed by atoms with E-state index in [1.165, 1.54) is 18.2 Å². The first-order valence-corrected chi connectivity index (χ1v) is 13.6. The number of carboxylic acids is 1. The van der Waals surface area contributed by atoms with Gasteiger partial charge in [0.2, 0.25) is 6.43 Å². The minimum Gasteiger partial charge on any atom is -0.478 e. The molecule has 1 heterocycles. The van der Waals surface area contributed by atoms with Crippen LogP contribution in [0, 0.1) is 0 Å². The lowest BCUT2D eigenvalue weighted by Gasteiger charge is -2.34. The summed E-state index contributed by atoms with van der Waals surface area (Å²) < 4.78 is 67.5. The maximum absolute atomic E-state index is 14.2. The van der Waals surface area contributed by atoms with Crippen molar-refractivity contribution < 1.29 is 31.9 Å². The summed E-state index contributed by atoms with van der Waals surface area (Å²) in [5.41, 5.74) is 4.71. The number of alkyl halides is 5. The number of likely N-dealkylation sites (tertiary alicyclic amines) is 1. The minimum absolute atomic E-state index is 0.00972. The van der Waals surface area contributed by atoms with Crippen molar-refractivity contribution in [2.75, 3.05) is 19.6 Å². The second kappa shape index (κ2) is 11.8. The van der Waals surface area contributed by atoms with Gasteiger partial charge in [0.15, 0.2) is 0 Å². The smallest absolute Gasteiger partial charge is 0.417 e. The molecule has 3 nitrogen and oxygen atoms in total. The third-order valence-electron chi connectivity index (χ3n) is 7.50. The van der Waals surface area contributed by atoms with E-state index in [2.05, 4.69) is 0 Å². The van der Waals surface area contributed by atoms with Crippen molar-refractivity contribution in [2.24, 2.45) is 0 Å². The first-order chi connectivity index (χ1) is 19.5. The van der Waals surface area contributed by atoms with E-state index < -0.39 is 24.1 Å². The van der Waals surface area contributed by atoms with Crippen LogP contribution in [0.25, 0.3) is 17.2 Å². The number of hydrogen-bond donors (Lipinski definition) is 1. The fraction of sp³-hybridized carbons (Fsp3) is 0.281. The number of aryl methyl sites for hydroxylation is 1. The molecule has 0 saturated carbocycles. The molecule has 5 rings (SSSR count). The van der Waals surface area contributed by atoms with Gasteiger partial charge in [0.25, 0.3) is 0 Å². The van der Waals surface area contributed by atoms with Crippen LogP contribution in [0.3, 0.4) is 0 Å². The molecule has 0 radical (unpaired) electrons. The third kappa shape index (κ3) is 6.54. The average Bonchev–Trinajstić information content (AvgIpc) is 3.08. The number of carbonyl (C=O) groups is 1. The van der Waals surface area contributed by atoms with Gasteiger partial charge in [-0.15, -0.1) is 0 Å². The molecule has 3 aromatic carbocycles. The van der Waals surface area contributed by atoms with Crippen LogP contribution in [-0.2, 0) is 12.6 Å². The number of nitrogens with zero attached hydrogens (tertiary/aromatic N) is 1. The molecule has 9 heteroatoms. The fourth-order valence-electron chi connectivity index (χ4n) is 5.57. The molecule has 0 unspecified atom stereocenters. The number of allylic oxidation sites excluding steroid dienone is 1. The van der Waals surface area contributed by atoms with Crippen LogP contribution in [0.4, 0.5) is 22.0 Å². The van der Waals surface area contributed by atoms with Crippen LogP contribution >= 0.6 is 11.6 Å². The van der Waals surface area contributed by atoms with Crippen molar-refractivity contribution >= 4 is 34.8 Å². The molecule has 1 aliphatic heterocycles. The summed E-state index contributed by atoms with van der Waals surface area (Å²) in [5, 5.41) is 9.52. The predicted molar refractivity (Wildman–Crippen MR) is 150 cm³/mol. The van der Waals surface area contributed by atoms with Crippen LogP contribution in [-0.4, -0.2) is 42.0 Å². The lowest BCUT2D eigenvalue weighted by molar-refractivity contribution is -0.137. The van der Waals surface area contributed by atoms with Gasteiger partial charge in [-0.1, -0.05) is 54.1 Å². The number of halogens is 6. The zero-order valence-electron chi connectivity index (χ0n) is 21.9. The van der Waals surface area contributed by atoms with Gasteiger partial charge in [-0.05, 0) is 88.1 Å². The molecule has 0 bridgehead atoms. The molecule has 0 amide bonds. The van der Waals surface area contributed by atoms with E-state index in [1.54, 1.807) is 12.1 Å². The standard InChI is InChI=1S/C32H27ClF5NO2/c33-24-9-11-26(28(16-24)32(36,37)38)27-3-1-2-22-15-23(31(40)41)8-10-25(22)30(27)21-6-4-19(5-7-21)14-20-17-39(18-20)13-12-29(34)35/h4-11,14-16,29H,1-3,12-13,17-18H2,(H,40,41). The van der Waals surface area contributed by atoms with E-state index in [4.69, 9.17) is 11.6 Å². The van der Waals surface area contributed by atoms with Crippen LogP contribution in [0.15, 0.2) is 66.2 Å². The van der Waals surface area contributed by atoms with E-state index in [1.807, 2.05) is 35.2 Å². The second-order valence-electron chi connectivity index (χ2n) is 10.4. The van der Waals surface area contributed by atoms with Gasteiger partial charge >= 0.3 is 12.1 Å². The first-order valence-electron chi connectivity index (χ1n) is 13.3. The Morgan fingerprint density at radius 1 is 0.976 bits per heavy atom. The highest BCUT2D eigenvalue weighted by Gasteiger charge is 2.35. The Hall–Kier alpha value is -3.49. The van der Waals surface area contributed by atoms with E-state index >= 15 is 0 Å². The number of rotatable bonds is 7. The topological polar surface area (TPSA) is 40.5 Å². The maximum atomic E-state index is 14.2. The Labute approximate surface area is 239 Å². The minimum atomic E-state index is -4.62. The maximum Gasteiger partial charge on any atom is 0.417 e. The summed E-state index contributed by atoms with van der Waals surface area (Å²) >= 11 is 5.98. The highest BCUT2D eigenvalue weighted by atomic mass is 35.5. The molecule has 0 aromatic heterocycles. The van der Waals surface area contributed by atoms with E-state index in [-0.39, 0.29) is 22.6 Å². The van der Waals surface area contributed by atoms with Crippen molar-refractivity contribution in [3.8, 4) is 0 Å². The lowest BCUT2D eigenvalue weighted by atomic mass is 9.85. The molecule has 2 aliphatic rings. The molecule has 0 atom stereocenters. The van der Waals surface area contributed by atoms with Gasteiger partial charge in [-0.25, -0.2) is 13.6 Å². The summed E-state index contributed by atoms with van der Waals surface area (Å²) in [6.07, 6.45) is -3.68. The van der Waals surface area contributed by atoms with Gasteiger partial charge in [-0.3, -0.25) is 4.90 Å². The second-order valence-corrected chi connectivity index (χ2v) is 10.8. The quantitative estimate of drug-likeness (QED) is 0.281. The van der Waals surface area contributed by atoms with Crippen LogP contribution < -0.4 is 0 Å². The van der Waals surface area contributed by atoms with Gasteiger partial charge in [0.1, 0.15) is 0 Å². The summed E-state index contributed by atoms with van der Waals surface area (Å²) in [6.45, 7) is 1.60. The number of carboxylic acid groups (broad SMARTS) is 1. The normalized spacial score (nSPS) is 15.9. The Kier molecular flexibility index (Phi) is 8.34. The number of benzene rings is 3. The number of aromatic carboxylic acids is 1. The SMILES string of the molecule is O=C(O)c1ccc2c(c1)CCCC(c1ccc(Cl)cc1C(F)(F)F)=C2c1ccc(C=C2CN(CCC(F)F)C2)cc1. The van der Waals surface area contributed by atoms with Crippen LogP contribution in [0.5, 0.6) is 0 Å². The van der Waals surface area contributed by atoms with Gasteiger partial charge in [-0.2, -0.15) is 13.2 Å². The molecule has 1 aliphatic carbocycles. The van der Waals surface area contributed by atoms with Crippen molar-refractivity contribution in [2.45, 2.75) is 38.3 Å². The molecule has 3 aromatic rings. The predicted octanol–water partition coefficient (Wildman–Crippen LogP) is 8.71. The molecule has 214 valence electrons. The van der Waals surface area contributed by atoms with Crippen LogP contribution in [0.2, 0.25) is 5.02 Å². The largest absolute Gasteiger partial charge is 0.478 e. The number of hydrogen-bond acceptors (Lipinski definition) is 2. The first kappa shape index (κ1) is 29.0. The third-order valence-corrected chi connectivity index (χ3v) is 7.73. The van der Waals surface area contributed by atoms with Crippen molar-refractivity contribution in [3.05, 3.63) is 110 Å². The monoisotopic (exact) mass is 587 g/mol. The van der Waals surface area contributed by atoms with Gasteiger partial charge in [0.05, 0.1) is 11.1 Å². The molecular weight excluding hydrogens is 561 g/mol. The highest BCUT2D eigenvalue weighted by molar-refractivity contribution is 6.30. The molecule has 1 N–H and O–H groups in total. The van der Waals surface area contributed by atoms with Crippen molar-refractivity contribution in [3.63, 3.8) is 0 Å². The summed E-state index contributed by atoms with van der Waals surface area (Å²) in [5.74, 6) is -1.07. The Balaban J connectivity index is 1.58. The van der Waals surface area contributed by atoms with Crippen molar-refractivity contribution in [1.82, 2.24) is 4.90 Å². The summed E-state index contributed by atoms with van der Waals surface area (Å²) in [6, 6.07) is 16.1. The molecular formula is C32H27ClF5NO2. The summed E-state index contributed by atoms with van der Waals surface area (Å²) in [7, 11) is 0. The van der Waals surface area contributed by atoms with Crippen LogP contribution in [0.1, 0.15) is 63.0 Å². The zero-order chi connectivity index (χ0) is 29.3. The fourth-order valence-corrected chi connectivity index (χ4v) is 5.75. The lowest BCUT2D eigenvalue weighted by Crippen LogP contribution is -2.40. The average molecular weight is 588 g/mol. The Morgan fingerprint density at radius 2 is 1.68 bits per heavy atom. The molecule has 1 fully saturated rings. The van der Waals surface area contributed by atoms with Crippen molar-refractivity contribution in [1.29, 1.82) is 0 Å². The molecule has 1 saturated heterocycles.